The molecule has 0 saturated heterocycles. The number of hydrogen-bond acceptors (Lipinski definition) is 3. The van der Waals surface area contributed by atoms with Crippen molar-refractivity contribution >= 4 is 27.4 Å². The molecule has 2 rings (SSSR count). The van der Waals surface area contributed by atoms with Crippen molar-refractivity contribution in [3.63, 3.8) is 0 Å². The molecule has 18 heavy (non-hydrogen) atoms. The molecule has 0 aliphatic rings. The van der Waals surface area contributed by atoms with Crippen LogP contribution >= 0.6 is 15.9 Å². The summed E-state index contributed by atoms with van der Waals surface area (Å²) in [7, 11) is 0. The van der Waals surface area contributed by atoms with Crippen LogP contribution in [0.25, 0.3) is 0 Å². The quantitative estimate of drug-likeness (QED) is 0.937. The van der Waals surface area contributed by atoms with Crippen LogP contribution in [0.1, 0.15) is 25.5 Å². The highest BCUT2D eigenvalue weighted by Gasteiger charge is 2.04. The van der Waals surface area contributed by atoms with Crippen LogP contribution in [-0.2, 0) is 0 Å². The molecular weight excluding hydrogens is 292 g/mol. The van der Waals surface area contributed by atoms with E-state index in [1.165, 1.54) is 0 Å². The summed E-state index contributed by atoms with van der Waals surface area (Å²) in [5, 5.41) is 16.5. The fourth-order valence-electron chi connectivity index (χ4n) is 1.57. The first kappa shape index (κ1) is 12.7. The van der Waals surface area contributed by atoms with Gasteiger partial charge in [-0.25, -0.2) is 0 Å². The van der Waals surface area contributed by atoms with Gasteiger partial charge in [0.05, 0.1) is 11.6 Å². The normalized spacial score (nSPS) is 10.4. The van der Waals surface area contributed by atoms with Gasteiger partial charge in [-0.15, -0.1) is 0 Å². The molecule has 0 atom stereocenters. The highest BCUT2D eigenvalue weighted by Crippen LogP contribution is 2.22. The van der Waals surface area contributed by atoms with Crippen LogP contribution in [0.3, 0.4) is 0 Å². The van der Waals surface area contributed by atoms with Crippen LogP contribution in [-0.4, -0.2) is 9.78 Å². The van der Waals surface area contributed by atoms with Crippen LogP contribution < -0.4 is 5.32 Å². The second kappa shape index (κ2) is 5.23. The van der Waals surface area contributed by atoms with E-state index in [0.717, 1.165) is 16.0 Å². The van der Waals surface area contributed by atoms with E-state index in [-0.39, 0.29) is 0 Å². The smallest absolute Gasteiger partial charge is 0.152 e. The molecule has 1 aromatic carbocycles. The number of aromatic nitrogens is 2. The molecule has 1 N–H and O–H groups in total. The van der Waals surface area contributed by atoms with Gasteiger partial charge in [0.2, 0.25) is 0 Å². The summed E-state index contributed by atoms with van der Waals surface area (Å²) in [5.74, 6) is 0.769. The third kappa shape index (κ3) is 2.90. The highest BCUT2D eigenvalue weighted by molar-refractivity contribution is 9.10. The van der Waals surface area contributed by atoms with Crippen molar-refractivity contribution in [3.8, 4) is 6.07 Å². The molecule has 0 spiro atoms. The Balaban J connectivity index is 2.23. The van der Waals surface area contributed by atoms with E-state index in [0.29, 0.717) is 11.6 Å². The molecule has 0 fully saturated rings. The van der Waals surface area contributed by atoms with Gasteiger partial charge in [0.25, 0.3) is 0 Å². The molecule has 0 aliphatic carbocycles. The van der Waals surface area contributed by atoms with Crippen LogP contribution in [0.5, 0.6) is 0 Å². The Labute approximate surface area is 114 Å². The van der Waals surface area contributed by atoms with Crippen molar-refractivity contribution in [3.05, 3.63) is 40.5 Å². The van der Waals surface area contributed by atoms with Crippen molar-refractivity contribution in [1.29, 1.82) is 5.26 Å². The zero-order chi connectivity index (χ0) is 13.1. The summed E-state index contributed by atoms with van der Waals surface area (Å²) in [5.41, 5.74) is 1.45. The largest absolute Gasteiger partial charge is 0.339 e. The van der Waals surface area contributed by atoms with Crippen molar-refractivity contribution in [2.24, 2.45) is 0 Å². The van der Waals surface area contributed by atoms with Crippen molar-refractivity contribution in [1.82, 2.24) is 9.78 Å². The lowest BCUT2D eigenvalue weighted by Crippen LogP contribution is -2.01. The van der Waals surface area contributed by atoms with E-state index < -0.39 is 0 Å². The van der Waals surface area contributed by atoms with Crippen molar-refractivity contribution in [2.45, 2.75) is 19.9 Å². The number of anilines is 2. The number of halogens is 1. The third-order valence-corrected chi connectivity index (χ3v) is 2.89. The van der Waals surface area contributed by atoms with Crippen molar-refractivity contribution < 1.29 is 0 Å². The summed E-state index contributed by atoms with van der Waals surface area (Å²) in [6.07, 6.45) is 1.93. The molecule has 0 bridgehead atoms. The van der Waals surface area contributed by atoms with Gasteiger partial charge in [-0.1, -0.05) is 15.9 Å². The molecule has 1 aromatic heterocycles. The number of nitrogens with zero attached hydrogens (tertiary/aromatic N) is 3. The summed E-state index contributed by atoms with van der Waals surface area (Å²) in [6, 6.07) is 9.84. The van der Waals surface area contributed by atoms with E-state index in [1.54, 1.807) is 12.1 Å². The maximum absolute atomic E-state index is 8.91. The van der Waals surface area contributed by atoms with Gasteiger partial charge < -0.3 is 5.32 Å². The lowest BCUT2D eigenvalue weighted by atomic mass is 10.2. The molecule has 0 amide bonds. The summed E-state index contributed by atoms with van der Waals surface area (Å²) < 4.78 is 2.75. The zero-order valence-electron chi connectivity index (χ0n) is 10.2. The van der Waals surface area contributed by atoms with Gasteiger partial charge >= 0.3 is 0 Å². The summed E-state index contributed by atoms with van der Waals surface area (Å²) in [4.78, 5) is 0. The SMILES string of the molecule is CC(C)n1ccc(Nc2cc(Br)cc(C#N)c2)n1. The zero-order valence-corrected chi connectivity index (χ0v) is 11.8. The van der Waals surface area contributed by atoms with E-state index in [2.05, 4.69) is 46.3 Å². The third-order valence-electron chi connectivity index (χ3n) is 2.44. The first-order valence-electron chi connectivity index (χ1n) is 5.61. The molecule has 1 heterocycles. The van der Waals surface area contributed by atoms with E-state index >= 15 is 0 Å². The molecule has 5 heteroatoms. The number of rotatable bonds is 3. The second-order valence-corrected chi connectivity index (χ2v) is 5.16. The monoisotopic (exact) mass is 304 g/mol. The minimum Gasteiger partial charge on any atom is -0.339 e. The molecule has 0 unspecified atom stereocenters. The predicted octanol–water partition coefficient (Wildman–Crippen LogP) is 3.84. The van der Waals surface area contributed by atoms with Gasteiger partial charge in [-0.3, -0.25) is 4.68 Å². The Morgan fingerprint density at radius 2 is 2.17 bits per heavy atom. The lowest BCUT2D eigenvalue weighted by molar-refractivity contribution is 0.534. The topological polar surface area (TPSA) is 53.6 Å². The predicted molar refractivity (Wildman–Crippen MR) is 74.8 cm³/mol. The average Bonchev–Trinajstić information content (AvgIpc) is 2.76. The number of nitriles is 1. The minimum atomic E-state index is 0.331. The Kier molecular flexibility index (Phi) is 3.68. The van der Waals surface area contributed by atoms with E-state index in [4.69, 9.17) is 5.26 Å². The van der Waals surface area contributed by atoms with Gasteiger partial charge in [0, 0.05) is 28.5 Å². The fourth-order valence-corrected chi connectivity index (χ4v) is 2.06. The molecule has 92 valence electrons. The van der Waals surface area contributed by atoms with E-state index in [1.807, 2.05) is 23.0 Å². The Hall–Kier alpha value is -1.80. The minimum absolute atomic E-state index is 0.331. The van der Waals surface area contributed by atoms with Gasteiger partial charge in [-0.2, -0.15) is 10.4 Å². The average molecular weight is 305 g/mol. The molecule has 0 radical (unpaired) electrons. The Morgan fingerprint density at radius 3 is 2.78 bits per heavy atom. The number of benzene rings is 1. The van der Waals surface area contributed by atoms with Crippen LogP contribution in [0.2, 0.25) is 0 Å². The Bertz CT molecular complexity index is 595. The maximum atomic E-state index is 8.91. The molecule has 0 aliphatic heterocycles. The first-order chi connectivity index (χ1) is 8.58. The number of hydrogen-bond donors (Lipinski definition) is 1. The fraction of sp³-hybridized carbons (Fsp3) is 0.231. The molecule has 0 saturated carbocycles. The van der Waals surface area contributed by atoms with Gasteiger partial charge in [0.15, 0.2) is 5.82 Å². The number of nitrogens with one attached hydrogen (secondary N) is 1. The van der Waals surface area contributed by atoms with Crippen LogP contribution in [0, 0.1) is 11.3 Å². The van der Waals surface area contributed by atoms with E-state index in [9.17, 15) is 0 Å². The second-order valence-electron chi connectivity index (χ2n) is 4.24. The standard InChI is InChI=1S/C13H13BrN4/c1-9(2)18-4-3-13(17-18)16-12-6-10(8-15)5-11(14)7-12/h3-7,9H,1-2H3,(H,16,17). The lowest BCUT2D eigenvalue weighted by Gasteiger charge is -2.06. The summed E-state index contributed by atoms with van der Waals surface area (Å²) in [6.45, 7) is 4.15. The highest BCUT2D eigenvalue weighted by atomic mass is 79.9. The van der Waals surface area contributed by atoms with Crippen LogP contribution in [0.4, 0.5) is 11.5 Å². The molecule has 2 aromatic rings. The van der Waals surface area contributed by atoms with Crippen LogP contribution in [0.15, 0.2) is 34.9 Å². The molecule has 4 nitrogen and oxygen atoms in total. The van der Waals surface area contributed by atoms with Gasteiger partial charge in [-0.05, 0) is 32.0 Å². The molecular formula is C13H13BrN4. The van der Waals surface area contributed by atoms with Crippen molar-refractivity contribution in [2.75, 3.05) is 5.32 Å². The summed E-state index contributed by atoms with van der Waals surface area (Å²) >= 11 is 3.38. The van der Waals surface area contributed by atoms with Gasteiger partial charge in [0.1, 0.15) is 0 Å². The maximum Gasteiger partial charge on any atom is 0.152 e. The first-order valence-corrected chi connectivity index (χ1v) is 6.40. The Morgan fingerprint density at radius 1 is 1.39 bits per heavy atom.